The molecule has 19 heavy (non-hydrogen) atoms. The van der Waals surface area contributed by atoms with Gasteiger partial charge < -0.3 is 5.32 Å². The molecule has 0 aliphatic heterocycles. The first kappa shape index (κ1) is 12.8. The van der Waals surface area contributed by atoms with Gasteiger partial charge in [0.05, 0.1) is 5.69 Å². The van der Waals surface area contributed by atoms with Crippen molar-refractivity contribution in [3.63, 3.8) is 0 Å². The summed E-state index contributed by atoms with van der Waals surface area (Å²) in [5.74, 6) is 0.613. The third kappa shape index (κ3) is 2.58. The lowest BCUT2D eigenvalue weighted by atomic mass is 9.81. The van der Waals surface area contributed by atoms with Gasteiger partial charge in [-0.25, -0.2) is 0 Å². The van der Waals surface area contributed by atoms with Crippen molar-refractivity contribution >= 4 is 11.3 Å². The standard InChI is InChI=1S/C14H20N4S/c1-15-13(8-10-9-18(2)17-16-10)11-4-3-5-14-12(11)6-7-19-14/h6-7,9,11,13,15H,3-5,8H2,1-2H3. The van der Waals surface area contributed by atoms with Gasteiger partial charge in [0.15, 0.2) is 0 Å². The van der Waals surface area contributed by atoms with Crippen molar-refractivity contribution in [1.82, 2.24) is 20.3 Å². The summed E-state index contributed by atoms with van der Waals surface area (Å²) in [4.78, 5) is 1.58. The average Bonchev–Trinajstić information content (AvgIpc) is 3.04. The Morgan fingerprint density at radius 1 is 1.58 bits per heavy atom. The molecular formula is C14H20N4S. The fraction of sp³-hybridized carbons (Fsp3) is 0.571. The van der Waals surface area contributed by atoms with Gasteiger partial charge in [-0.1, -0.05) is 5.21 Å². The summed E-state index contributed by atoms with van der Waals surface area (Å²) in [5.41, 5.74) is 2.63. The van der Waals surface area contributed by atoms with E-state index in [0.717, 1.165) is 12.1 Å². The highest BCUT2D eigenvalue weighted by Crippen LogP contribution is 2.37. The van der Waals surface area contributed by atoms with Crippen molar-refractivity contribution in [2.24, 2.45) is 7.05 Å². The summed E-state index contributed by atoms with van der Waals surface area (Å²) >= 11 is 1.91. The van der Waals surface area contributed by atoms with E-state index in [2.05, 4.69) is 34.1 Å². The van der Waals surface area contributed by atoms with Crippen molar-refractivity contribution in [2.45, 2.75) is 37.6 Å². The van der Waals surface area contributed by atoms with Gasteiger partial charge in [0, 0.05) is 36.5 Å². The zero-order chi connectivity index (χ0) is 13.2. The Balaban J connectivity index is 1.80. The Bertz CT molecular complexity index is 545. The number of aryl methyl sites for hydroxylation is 2. The van der Waals surface area contributed by atoms with Gasteiger partial charge in [0.25, 0.3) is 0 Å². The van der Waals surface area contributed by atoms with Crippen LogP contribution in [0.4, 0.5) is 0 Å². The number of nitrogens with zero attached hydrogens (tertiary/aromatic N) is 3. The molecule has 2 unspecified atom stereocenters. The van der Waals surface area contributed by atoms with E-state index in [4.69, 9.17) is 0 Å². The second-order valence-corrected chi connectivity index (χ2v) is 6.28. The van der Waals surface area contributed by atoms with E-state index < -0.39 is 0 Å². The maximum Gasteiger partial charge on any atom is 0.0842 e. The third-order valence-corrected chi connectivity index (χ3v) is 5.03. The number of rotatable bonds is 4. The summed E-state index contributed by atoms with van der Waals surface area (Å²) in [6.45, 7) is 0. The predicted molar refractivity (Wildman–Crippen MR) is 77.6 cm³/mol. The highest BCUT2D eigenvalue weighted by molar-refractivity contribution is 7.10. The minimum Gasteiger partial charge on any atom is -0.316 e. The maximum absolute atomic E-state index is 4.22. The lowest BCUT2D eigenvalue weighted by Gasteiger charge is -2.30. The quantitative estimate of drug-likeness (QED) is 0.930. The monoisotopic (exact) mass is 276 g/mol. The van der Waals surface area contributed by atoms with Gasteiger partial charge in [-0.15, -0.1) is 16.4 Å². The molecule has 2 aromatic rings. The molecule has 2 aromatic heterocycles. The number of thiophene rings is 1. The molecule has 2 heterocycles. The normalized spacial score (nSPS) is 20.2. The molecule has 102 valence electrons. The van der Waals surface area contributed by atoms with Crippen LogP contribution in [0.3, 0.4) is 0 Å². The molecule has 3 rings (SSSR count). The van der Waals surface area contributed by atoms with Crippen LogP contribution in [0.5, 0.6) is 0 Å². The second kappa shape index (κ2) is 5.43. The van der Waals surface area contributed by atoms with Crippen LogP contribution in [0.15, 0.2) is 17.6 Å². The van der Waals surface area contributed by atoms with Crippen LogP contribution in [0.25, 0.3) is 0 Å². The Kier molecular flexibility index (Phi) is 3.66. The van der Waals surface area contributed by atoms with Crippen LogP contribution in [0.2, 0.25) is 0 Å². The molecule has 0 saturated heterocycles. The summed E-state index contributed by atoms with van der Waals surface area (Å²) in [5, 5.41) is 14.0. The van der Waals surface area contributed by atoms with Crippen LogP contribution in [0.1, 0.15) is 34.9 Å². The molecule has 0 spiro atoms. The van der Waals surface area contributed by atoms with Crippen molar-refractivity contribution in [3.8, 4) is 0 Å². The lowest BCUT2D eigenvalue weighted by molar-refractivity contribution is 0.411. The van der Waals surface area contributed by atoms with E-state index >= 15 is 0 Å². The van der Waals surface area contributed by atoms with Crippen LogP contribution >= 0.6 is 11.3 Å². The van der Waals surface area contributed by atoms with Crippen molar-refractivity contribution in [2.75, 3.05) is 7.05 Å². The van der Waals surface area contributed by atoms with Crippen molar-refractivity contribution in [3.05, 3.63) is 33.8 Å². The summed E-state index contributed by atoms with van der Waals surface area (Å²) < 4.78 is 1.78. The van der Waals surface area contributed by atoms with E-state index in [9.17, 15) is 0 Å². The minimum absolute atomic E-state index is 0.449. The highest BCUT2D eigenvalue weighted by Gasteiger charge is 2.28. The van der Waals surface area contributed by atoms with Gasteiger partial charge in [-0.3, -0.25) is 4.68 Å². The molecule has 1 N–H and O–H groups in total. The van der Waals surface area contributed by atoms with E-state index in [-0.39, 0.29) is 0 Å². The van der Waals surface area contributed by atoms with Gasteiger partial charge in [-0.05, 0) is 43.3 Å². The SMILES string of the molecule is CNC(Cc1cn(C)nn1)C1CCCc2sccc21. The molecule has 0 aromatic carbocycles. The number of aromatic nitrogens is 3. The minimum atomic E-state index is 0.449. The first-order chi connectivity index (χ1) is 9.28. The summed E-state index contributed by atoms with van der Waals surface area (Å²) in [7, 11) is 3.98. The number of nitrogens with one attached hydrogen (secondary N) is 1. The molecule has 0 radical (unpaired) electrons. The Morgan fingerprint density at radius 3 is 3.21 bits per heavy atom. The Morgan fingerprint density at radius 2 is 2.47 bits per heavy atom. The predicted octanol–water partition coefficient (Wildman–Crippen LogP) is 2.13. The number of fused-ring (bicyclic) bond motifs is 1. The molecule has 2 atom stereocenters. The van der Waals surface area contributed by atoms with E-state index in [1.165, 1.54) is 19.3 Å². The number of likely N-dealkylation sites (N-methyl/N-ethyl adjacent to an activating group) is 1. The zero-order valence-electron chi connectivity index (χ0n) is 11.5. The fourth-order valence-corrected chi connectivity index (χ4v) is 4.10. The molecule has 0 amide bonds. The first-order valence-corrected chi connectivity index (χ1v) is 7.74. The van der Waals surface area contributed by atoms with E-state index in [0.29, 0.717) is 12.0 Å². The van der Waals surface area contributed by atoms with Crippen LogP contribution in [-0.4, -0.2) is 28.1 Å². The second-order valence-electron chi connectivity index (χ2n) is 5.28. The van der Waals surface area contributed by atoms with Gasteiger partial charge >= 0.3 is 0 Å². The summed E-state index contributed by atoms with van der Waals surface area (Å²) in [6, 6.07) is 2.76. The first-order valence-electron chi connectivity index (χ1n) is 6.86. The third-order valence-electron chi connectivity index (χ3n) is 4.03. The van der Waals surface area contributed by atoms with E-state index in [1.807, 2.05) is 24.6 Å². The van der Waals surface area contributed by atoms with Crippen LogP contribution in [0, 0.1) is 0 Å². The molecule has 1 aliphatic rings. The molecule has 0 bridgehead atoms. The van der Waals surface area contributed by atoms with E-state index in [1.54, 1.807) is 15.1 Å². The topological polar surface area (TPSA) is 42.7 Å². The smallest absolute Gasteiger partial charge is 0.0842 e. The van der Waals surface area contributed by atoms with Gasteiger partial charge in [-0.2, -0.15) is 0 Å². The van der Waals surface area contributed by atoms with Crippen molar-refractivity contribution < 1.29 is 0 Å². The van der Waals surface area contributed by atoms with Gasteiger partial charge in [0.2, 0.25) is 0 Å². The Labute approximate surface area is 117 Å². The lowest BCUT2D eigenvalue weighted by Crippen LogP contribution is -2.35. The van der Waals surface area contributed by atoms with Gasteiger partial charge in [0.1, 0.15) is 0 Å². The average molecular weight is 276 g/mol. The molecule has 0 fully saturated rings. The Hall–Kier alpha value is -1.20. The molecule has 5 heteroatoms. The number of hydrogen-bond donors (Lipinski definition) is 1. The summed E-state index contributed by atoms with van der Waals surface area (Å²) in [6.07, 6.45) is 6.80. The fourth-order valence-electron chi connectivity index (χ4n) is 3.10. The molecule has 1 aliphatic carbocycles. The largest absolute Gasteiger partial charge is 0.316 e. The van der Waals surface area contributed by atoms with Crippen LogP contribution < -0.4 is 5.32 Å². The zero-order valence-corrected chi connectivity index (χ0v) is 12.3. The van der Waals surface area contributed by atoms with Crippen LogP contribution in [-0.2, 0) is 19.9 Å². The highest BCUT2D eigenvalue weighted by atomic mass is 32.1. The molecule has 0 saturated carbocycles. The number of hydrogen-bond acceptors (Lipinski definition) is 4. The maximum atomic E-state index is 4.22. The van der Waals surface area contributed by atoms with Crippen molar-refractivity contribution in [1.29, 1.82) is 0 Å². The molecular weight excluding hydrogens is 256 g/mol. The molecule has 4 nitrogen and oxygen atoms in total.